The fourth-order valence-corrected chi connectivity index (χ4v) is 5.12. The maximum Gasteiger partial charge on any atom is 0.417 e. The molecule has 2 atom stereocenters. The SMILES string of the molecule is O=C(Nc1ccc(C(=O)N2CC[C@H]3CCN[C@H]3c3cc(Cl)ccc32)cn1)c1ccccc1C(F)(F)F. The van der Waals surface area contributed by atoms with Crippen LogP contribution in [0.2, 0.25) is 5.02 Å². The first-order valence-electron chi connectivity index (χ1n) is 11.5. The van der Waals surface area contributed by atoms with E-state index in [9.17, 15) is 22.8 Å². The molecule has 5 rings (SSSR count). The molecule has 1 saturated heterocycles. The smallest absolute Gasteiger partial charge is 0.310 e. The van der Waals surface area contributed by atoms with Crippen molar-refractivity contribution in [3.8, 4) is 0 Å². The summed E-state index contributed by atoms with van der Waals surface area (Å²) in [5.74, 6) is -0.760. The predicted molar refractivity (Wildman–Crippen MR) is 130 cm³/mol. The highest BCUT2D eigenvalue weighted by atomic mass is 35.5. The molecule has 186 valence electrons. The van der Waals surface area contributed by atoms with Crippen LogP contribution in [0.15, 0.2) is 60.8 Å². The molecule has 0 unspecified atom stereocenters. The number of nitrogens with zero attached hydrogens (tertiary/aromatic N) is 2. The molecule has 2 amide bonds. The molecule has 6 nitrogen and oxygen atoms in total. The van der Waals surface area contributed by atoms with Gasteiger partial charge in [0.05, 0.1) is 16.7 Å². The van der Waals surface area contributed by atoms with Gasteiger partial charge in [-0.1, -0.05) is 23.7 Å². The van der Waals surface area contributed by atoms with Gasteiger partial charge >= 0.3 is 6.18 Å². The van der Waals surface area contributed by atoms with Crippen molar-refractivity contribution in [2.45, 2.75) is 25.1 Å². The second-order valence-corrected chi connectivity index (χ2v) is 9.30. The van der Waals surface area contributed by atoms with Crippen LogP contribution < -0.4 is 15.5 Å². The number of pyridine rings is 1. The minimum atomic E-state index is -4.67. The molecular weight excluding hydrogens is 493 g/mol. The fraction of sp³-hybridized carbons (Fsp3) is 0.269. The van der Waals surface area contributed by atoms with Gasteiger partial charge in [0.15, 0.2) is 0 Å². The maximum absolute atomic E-state index is 13.5. The second kappa shape index (κ2) is 9.55. The predicted octanol–water partition coefficient (Wildman–Crippen LogP) is 5.71. The van der Waals surface area contributed by atoms with E-state index in [4.69, 9.17) is 11.6 Å². The summed E-state index contributed by atoms with van der Waals surface area (Å²) in [6.07, 6.45) is -1.51. The van der Waals surface area contributed by atoms with Crippen molar-refractivity contribution in [2.75, 3.05) is 23.3 Å². The molecule has 0 saturated carbocycles. The average molecular weight is 515 g/mol. The lowest BCUT2D eigenvalue weighted by molar-refractivity contribution is -0.137. The summed E-state index contributed by atoms with van der Waals surface area (Å²) >= 11 is 6.26. The summed E-state index contributed by atoms with van der Waals surface area (Å²) < 4.78 is 39.7. The van der Waals surface area contributed by atoms with Crippen molar-refractivity contribution in [3.63, 3.8) is 0 Å². The van der Waals surface area contributed by atoms with Crippen LogP contribution in [0.1, 0.15) is 50.7 Å². The van der Waals surface area contributed by atoms with Crippen molar-refractivity contribution in [2.24, 2.45) is 5.92 Å². The van der Waals surface area contributed by atoms with E-state index in [-0.39, 0.29) is 17.8 Å². The molecule has 2 N–H and O–H groups in total. The number of amides is 2. The number of carbonyl (C=O) groups excluding carboxylic acids is 2. The maximum atomic E-state index is 13.5. The summed E-state index contributed by atoms with van der Waals surface area (Å²) in [5.41, 5.74) is 0.521. The van der Waals surface area contributed by atoms with Crippen molar-refractivity contribution < 1.29 is 22.8 Å². The Morgan fingerprint density at radius 2 is 1.89 bits per heavy atom. The summed E-state index contributed by atoms with van der Waals surface area (Å²) in [4.78, 5) is 31.8. The first-order chi connectivity index (χ1) is 17.2. The third-order valence-electron chi connectivity index (χ3n) is 6.66. The monoisotopic (exact) mass is 514 g/mol. The van der Waals surface area contributed by atoms with Gasteiger partial charge in [-0.05, 0) is 73.3 Å². The number of fused-ring (bicyclic) bond motifs is 3. The highest BCUT2D eigenvalue weighted by molar-refractivity contribution is 6.30. The molecule has 0 aliphatic carbocycles. The number of hydrogen-bond acceptors (Lipinski definition) is 4. The number of nitrogens with one attached hydrogen (secondary N) is 2. The average Bonchev–Trinajstić information content (AvgIpc) is 3.27. The Bertz CT molecular complexity index is 1310. The summed E-state index contributed by atoms with van der Waals surface area (Å²) in [5, 5.41) is 6.49. The highest BCUT2D eigenvalue weighted by Gasteiger charge is 2.36. The van der Waals surface area contributed by atoms with E-state index in [0.29, 0.717) is 23.0 Å². The minimum Gasteiger partial charge on any atom is -0.310 e. The van der Waals surface area contributed by atoms with Gasteiger partial charge in [0.2, 0.25) is 0 Å². The van der Waals surface area contributed by atoms with Crippen molar-refractivity contribution in [1.29, 1.82) is 0 Å². The van der Waals surface area contributed by atoms with Gasteiger partial charge < -0.3 is 15.5 Å². The van der Waals surface area contributed by atoms with Crippen LogP contribution in [0.25, 0.3) is 0 Å². The van der Waals surface area contributed by atoms with Gasteiger partial charge in [0.25, 0.3) is 11.8 Å². The Morgan fingerprint density at radius 1 is 1.08 bits per heavy atom. The van der Waals surface area contributed by atoms with Crippen LogP contribution >= 0.6 is 11.6 Å². The molecule has 0 bridgehead atoms. The zero-order valence-electron chi connectivity index (χ0n) is 19.0. The first-order valence-corrected chi connectivity index (χ1v) is 11.9. The normalized spacial score (nSPS) is 19.3. The topological polar surface area (TPSA) is 74.3 Å². The molecular formula is C26H22ClF3N4O2. The molecule has 2 aliphatic heterocycles. The largest absolute Gasteiger partial charge is 0.417 e. The Kier molecular flexibility index (Phi) is 6.44. The van der Waals surface area contributed by atoms with Crippen molar-refractivity contribution in [1.82, 2.24) is 10.3 Å². The minimum absolute atomic E-state index is 0.0373. The van der Waals surface area contributed by atoms with E-state index in [2.05, 4.69) is 15.6 Å². The van der Waals surface area contributed by atoms with Gasteiger partial charge in [0, 0.05) is 29.5 Å². The molecule has 0 radical (unpaired) electrons. The van der Waals surface area contributed by atoms with Crippen LogP contribution in [-0.2, 0) is 6.18 Å². The van der Waals surface area contributed by atoms with Gasteiger partial charge in [0.1, 0.15) is 5.82 Å². The second-order valence-electron chi connectivity index (χ2n) is 8.86. The number of halogens is 4. The summed E-state index contributed by atoms with van der Waals surface area (Å²) in [6.45, 7) is 1.45. The molecule has 1 aromatic heterocycles. The zero-order chi connectivity index (χ0) is 25.4. The van der Waals surface area contributed by atoms with Gasteiger partial charge in [-0.3, -0.25) is 9.59 Å². The van der Waals surface area contributed by atoms with E-state index >= 15 is 0 Å². The van der Waals surface area contributed by atoms with E-state index in [1.54, 1.807) is 11.0 Å². The Hall–Kier alpha value is -3.43. The van der Waals surface area contributed by atoms with Crippen LogP contribution in [0.5, 0.6) is 0 Å². The summed E-state index contributed by atoms with van der Waals surface area (Å²) in [7, 11) is 0. The molecule has 1 fully saturated rings. The van der Waals surface area contributed by atoms with E-state index in [1.165, 1.54) is 30.5 Å². The number of anilines is 2. The molecule has 3 heterocycles. The standard InChI is InChI=1S/C26H22ClF3N4O2/c27-17-6-7-21-19(13-17)23-15(9-11-31-23)10-12-34(21)25(36)16-5-8-22(32-14-16)33-24(35)18-3-1-2-4-20(18)26(28,29)30/h1-8,13-15,23,31H,9-12H2,(H,32,33,35)/t15-,23-/m1/s1. The lowest BCUT2D eigenvalue weighted by atomic mass is 9.92. The molecule has 36 heavy (non-hydrogen) atoms. The van der Waals surface area contributed by atoms with Crippen molar-refractivity contribution in [3.05, 3.63) is 88.1 Å². The number of carbonyl (C=O) groups is 2. The zero-order valence-corrected chi connectivity index (χ0v) is 19.7. The van der Waals surface area contributed by atoms with Gasteiger partial charge in [-0.25, -0.2) is 4.98 Å². The molecule has 0 spiro atoms. The lowest BCUT2D eigenvalue weighted by Gasteiger charge is -2.24. The van der Waals surface area contributed by atoms with Crippen molar-refractivity contribution >= 4 is 34.9 Å². The lowest BCUT2D eigenvalue weighted by Crippen LogP contribution is -2.32. The van der Waals surface area contributed by atoms with Gasteiger partial charge in [-0.15, -0.1) is 0 Å². The summed E-state index contributed by atoms with van der Waals surface area (Å²) in [6, 6.07) is 13.1. The van der Waals surface area contributed by atoms with E-state index in [0.717, 1.165) is 42.8 Å². The third kappa shape index (κ3) is 4.68. The number of rotatable bonds is 3. The van der Waals surface area contributed by atoms with Gasteiger partial charge in [-0.2, -0.15) is 13.2 Å². The Morgan fingerprint density at radius 3 is 2.64 bits per heavy atom. The quantitative estimate of drug-likeness (QED) is 0.470. The molecule has 10 heteroatoms. The van der Waals surface area contributed by atoms with E-state index < -0.39 is 23.2 Å². The molecule has 2 aliphatic rings. The Labute approximate surface area is 210 Å². The number of benzene rings is 2. The van der Waals surface area contributed by atoms with E-state index in [1.807, 2.05) is 12.1 Å². The van der Waals surface area contributed by atoms with Crippen LogP contribution in [-0.4, -0.2) is 29.9 Å². The number of alkyl halides is 3. The molecule has 2 aromatic carbocycles. The van der Waals surface area contributed by atoms with Crippen LogP contribution in [0, 0.1) is 5.92 Å². The third-order valence-corrected chi connectivity index (χ3v) is 6.90. The highest BCUT2D eigenvalue weighted by Crippen LogP contribution is 2.42. The van der Waals surface area contributed by atoms with Crippen LogP contribution in [0.4, 0.5) is 24.7 Å². The fourth-order valence-electron chi connectivity index (χ4n) is 4.94. The van der Waals surface area contributed by atoms with Crippen LogP contribution in [0.3, 0.4) is 0 Å². The Balaban J connectivity index is 1.36. The number of hydrogen-bond donors (Lipinski definition) is 2. The number of aromatic nitrogens is 1. The first kappa shape index (κ1) is 24.3. The molecule has 3 aromatic rings.